The summed E-state index contributed by atoms with van der Waals surface area (Å²) < 4.78 is 45.9. The van der Waals surface area contributed by atoms with E-state index in [4.69, 9.17) is 9.84 Å². The summed E-state index contributed by atoms with van der Waals surface area (Å²) in [5.41, 5.74) is -0.362. The summed E-state index contributed by atoms with van der Waals surface area (Å²) in [5.74, 6) is -1.45. The normalized spacial score (nSPS) is 11.9. The maximum atomic E-state index is 13.6. The molecule has 2 aromatic carbocycles. The summed E-state index contributed by atoms with van der Waals surface area (Å²) in [5, 5.41) is 9.15. The van der Waals surface area contributed by atoms with Gasteiger partial charge in [0.05, 0.1) is 19.1 Å². The first-order valence-corrected chi connectivity index (χ1v) is 10.2. The first-order chi connectivity index (χ1) is 14.8. The van der Waals surface area contributed by atoms with Gasteiger partial charge in [-0.2, -0.15) is 13.2 Å². The molecule has 1 amide bonds. The summed E-state index contributed by atoms with van der Waals surface area (Å²) in [7, 11) is 1.26. The molecule has 0 saturated carbocycles. The molecule has 2 rings (SSSR count). The third kappa shape index (κ3) is 5.81. The van der Waals surface area contributed by atoms with Gasteiger partial charge in [-0.15, -0.1) is 0 Å². The van der Waals surface area contributed by atoms with Crippen molar-refractivity contribution in [1.82, 2.24) is 4.90 Å². The summed E-state index contributed by atoms with van der Waals surface area (Å²) >= 11 is 0. The SMILES string of the molecule is CCN(Cc1ccccc1-c1cc(CC(=O)O)c(C(F)(F)F)cc1OC)C(=O)C(C)(C)C. The van der Waals surface area contributed by atoms with Crippen molar-refractivity contribution in [2.24, 2.45) is 5.41 Å². The minimum atomic E-state index is -4.73. The molecule has 0 aliphatic carbocycles. The molecule has 0 aromatic heterocycles. The van der Waals surface area contributed by atoms with Crippen LogP contribution in [0.15, 0.2) is 36.4 Å². The molecule has 0 aliphatic heterocycles. The number of carbonyl (C=O) groups excluding carboxylic acids is 1. The predicted octanol–water partition coefficient (Wildman–Crippen LogP) is 5.40. The highest BCUT2D eigenvalue weighted by atomic mass is 19.4. The Balaban J connectivity index is 2.66. The van der Waals surface area contributed by atoms with Gasteiger partial charge >= 0.3 is 12.1 Å². The van der Waals surface area contributed by atoms with Crippen molar-refractivity contribution in [2.75, 3.05) is 13.7 Å². The number of rotatable bonds is 7. The molecule has 0 spiro atoms. The van der Waals surface area contributed by atoms with E-state index in [2.05, 4.69) is 0 Å². The number of alkyl halides is 3. The highest BCUT2D eigenvalue weighted by molar-refractivity contribution is 5.82. The van der Waals surface area contributed by atoms with Crippen LogP contribution in [0.25, 0.3) is 11.1 Å². The summed E-state index contributed by atoms with van der Waals surface area (Å²) in [6.45, 7) is 8.03. The Morgan fingerprint density at radius 3 is 2.16 bits per heavy atom. The first kappa shape index (κ1) is 25.2. The van der Waals surface area contributed by atoms with Gasteiger partial charge in [0.1, 0.15) is 5.75 Å². The van der Waals surface area contributed by atoms with E-state index < -0.39 is 29.5 Å². The quantitative estimate of drug-likeness (QED) is 0.612. The first-order valence-electron chi connectivity index (χ1n) is 10.2. The molecule has 0 radical (unpaired) electrons. The molecule has 8 heteroatoms. The minimum absolute atomic E-state index is 0.0240. The standard InChI is InChI=1S/C24H28F3NO4/c1-6-28(22(31)23(2,3)4)14-15-9-7-8-10-17(15)18-11-16(12-21(29)30)19(24(25,26)27)13-20(18)32-5/h7-11,13H,6,12,14H2,1-5H3,(H,29,30). The monoisotopic (exact) mass is 451 g/mol. The van der Waals surface area contributed by atoms with Gasteiger partial charge in [0.25, 0.3) is 0 Å². The van der Waals surface area contributed by atoms with Crippen molar-refractivity contribution >= 4 is 11.9 Å². The molecule has 0 unspecified atom stereocenters. The van der Waals surface area contributed by atoms with Crippen LogP contribution < -0.4 is 4.74 Å². The van der Waals surface area contributed by atoms with Crippen molar-refractivity contribution in [1.29, 1.82) is 0 Å². The number of nitrogens with zero attached hydrogens (tertiary/aromatic N) is 1. The molecule has 0 saturated heterocycles. The van der Waals surface area contributed by atoms with Crippen LogP contribution in [-0.4, -0.2) is 35.5 Å². The number of carboxylic acids is 1. The average Bonchev–Trinajstić information content (AvgIpc) is 2.69. The van der Waals surface area contributed by atoms with E-state index in [1.165, 1.54) is 13.2 Å². The van der Waals surface area contributed by atoms with Gasteiger partial charge in [0, 0.05) is 24.1 Å². The van der Waals surface area contributed by atoms with E-state index in [0.717, 1.165) is 6.07 Å². The second kappa shape index (κ2) is 9.63. The number of aliphatic carboxylic acids is 1. The third-order valence-corrected chi connectivity index (χ3v) is 5.05. The molecule has 0 aliphatic rings. The van der Waals surface area contributed by atoms with Gasteiger partial charge in [0.15, 0.2) is 0 Å². The van der Waals surface area contributed by atoms with Crippen molar-refractivity contribution < 1.29 is 32.6 Å². The Morgan fingerprint density at radius 2 is 1.66 bits per heavy atom. The lowest BCUT2D eigenvalue weighted by molar-refractivity contribution is -0.140. The van der Waals surface area contributed by atoms with Gasteiger partial charge in [0.2, 0.25) is 5.91 Å². The lowest BCUT2D eigenvalue weighted by Crippen LogP contribution is -2.38. The zero-order valence-electron chi connectivity index (χ0n) is 18.8. The Bertz CT molecular complexity index is 994. The zero-order chi connectivity index (χ0) is 24.3. The van der Waals surface area contributed by atoms with Crippen LogP contribution >= 0.6 is 0 Å². The fraction of sp³-hybridized carbons (Fsp3) is 0.417. The molecule has 174 valence electrons. The van der Waals surface area contributed by atoms with E-state index in [9.17, 15) is 22.8 Å². The van der Waals surface area contributed by atoms with Crippen molar-refractivity contribution in [3.05, 3.63) is 53.1 Å². The third-order valence-electron chi connectivity index (χ3n) is 5.05. The number of carboxylic acid groups (broad SMARTS) is 1. The number of ether oxygens (including phenoxy) is 1. The fourth-order valence-corrected chi connectivity index (χ4v) is 3.51. The molecule has 32 heavy (non-hydrogen) atoms. The van der Waals surface area contributed by atoms with Crippen LogP contribution in [0.2, 0.25) is 0 Å². The van der Waals surface area contributed by atoms with Gasteiger partial charge < -0.3 is 14.7 Å². The number of benzene rings is 2. The van der Waals surface area contributed by atoms with Crippen LogP contribution in [0.3, 0.4) is 0 Å². The largest absolute Gasteiger partial charge is 0.496 e. The fourth-order valence-electron chi connectivity index (χ4n) is 3.51. The Hall–Kier alpha value is -3.03. The van der Waals surface area contributed by atoms with Crippen molar-refractivity contribution in [3.63, 3.8) is 0 Å². The highest BCUT2D eigenvalue weighted by Gasteiger charge is 2.35. The van der Waals surface area contributed by atoms with Crippen molar-refractivity contribution in [2.45, 2.75) is 46.8 Å². The average molecular weight is 451 g/mol. The highest BCUT2D eigenvalue weighted by Crippen LogP contribution is 2.41. The van der Waals surface area contributed by atoms with Crippen LogP contribution in [-0.2, 0) is 28.7 Å². The number of hydrogen-bond donors (Lipinski definition) is 1. The molecule has 0 atom stereocenters. The maximum absolute atomic E-state index is 13.6. The second-order valence-electron chi connectivity index (χ2n) is 8.50. The van der Waals surface area contributed by atoms with Gasteiger partial charge in [-0.1, -0.05) is 45.0 Å². The molecule has 0 fully saturated rings. The smallest absolute Gasteiger partial charge is 0.416 e. The molecule has 0 heterocycles. The van der Waals surface area contributed by atoms with Crippen LogP contribution in [0, 0.1) is 5.41 Å². The zero-order valence-corrected chi connectivity index (χ0v) is 18.8. The van der Waals surface area contributed by atoms with E-state index in [0.29, 0.717) is 23.2 Å². The number of methoxy groups -OCH3 is 1. The number of amides is 1. The summed E-state index contributed by atoms with van der Waals surface area (Å²) in [6.07, 6.45) is -5.51. The molecule has 1 N–H and O–H groups in total. The molecule has 0 bridgehead atoms. The number of carbonyl (C=O) groups is 2. The minimum Gasteiger partial charge on any atom is -0.496 e. The lowest BCUT2D eigenvalue weighted by atomic mass is 9.92. The summed E-state index contributed by atoms with van der Waals surface area (Å²) in [4.78, 5) is 25.7. The molecular formula is C24H28F3NO4. The van der Waals surface area contributed by atoms with Crippen LogP contribution in [0.4, 0.5) is 13.2 Å². The van der Waals surface area contributed by atoms with Crippen LogP contribution in [0.1, 0.15) is 44.4 Å². The molecule has 5 nitrogen and oxygen atoms in total. The maximum Gasteiger partial charge on any atom is 0.416 e. The summed E-state index contributed by atoms with van der Waals surface area (Å²) in [6, 6.07) is 9.08. The Kier molecular flexibility index (Phi) is 7.59. The Labute approximate surface area is 185 Å². The van der Waals surface area contributed by atoms with E-state index in [-0.39, 0.29) is 23.8 Å². The van der Waals surface area contributed by atoms with Crippen molar-refractivity contribution in [3.8, 4) is 16.9 Å². The van der Waals surface area contributed by atoms with E-state index >= 15 is 0 Å². The van der Waals surface area contributed by atoms with E-state index in [1.807, 2.05) is 27.7 Å². The topological polar surface area (TPSA) is 66.8 Å². The van der Waals surface area contributed by atoms with Gasteiger partial charge in [-0.25, -0.2) is 0 Å². The molecular weight excluding hydrogens is 423 g/mol. The predicted molar refractivity (Wildman–Crippen MR) is 115 cm³/mol. The lowest BCUT2D eigenvalue weighted by Gasteiger charge is -2.29. The van der Waals surface area contributed by atoms with E-state index in [1.54, 1.807) is 29.2 Å². The van der Waals surface area contributed by atoms with Gasteiger partial charge in [-0.05, 0) is 35.7 Å². The van der Waals surface area contributed by atoms with Crippen LogP contribution in [0.5, 0.6) is 5.75 Å². The molecule has 2 aromatic rings. The number of halogens is 3. The second-order valence-corrected chi connectivity index (χ2v) is 8.50. The number of hydrogen-bond acceptors (Lipinski definition) is 3. The van der Waals surface area contributed by atoms with Gasteiger partial charge in [-0.3, -0.25) is 9.59 Å². The Morgan fingerprint density at radius 1 is 1.03 bits per heavy atom.